The van der Waals surface area contributed by atoms with E-state index in [1.165, 1.54) is 0 Å². The third-order valence-corrected chi connectivity index (χ3v) is 3.51. The number of rotatable bonds is 6. The molecule has 0 bridgehead atoms. The van der Waals surface area contributed by atoms with Gasteiger partial charge in [-0.25, -0.2) is 0 Å². The van der Waals surface area contributed by atoms with Crippen molar-refractivity contribution in [2.75, 3.05) is 13.7 Å². The molecule has 0 heterocycles. The fraction of sp³-hybridized carbons (Fsp3) is 0.562. The summed E-state index contributed by atoms with van der Waals surface area (Å²) >= 11 is 0. The third kappa shape index (κ3) is 3.57. The number of aryl methyl sites for hydroxylation is 1. The fourth-order valence-corrected chi connectivity index (χ4v) is 2.24. The lowest BCUT2D eigenvalue weighted by atomic mass is 9.89. The van der Waals surface area contributed by atoms with E-state index in [4.69, 9.17) is 10.5 Å². The van der Waals surface area contributed by atoms with Crippen LogP contribution in [0.25, 0.3) is 0 Å². The summed E-state index contributed by atoms with van der Waals surface area (Å²) in [7, 11) is 1.67. The van der Waals surface area contributed by atoms with Crippen LogP contribution in [-0.2, 0) is 0 Å². The Kier molecular flexibility index (Phi) is 5.55. The van der Waals surface area contributed by atoms with Gasteiger partial charge in [0.1, 0.15) is 5.75 Å². The van der Waals surface area contributed by atoms with Crippen LogP contribution in [0.4, 0.5) is 0 Å². The molecule has 3 heteroatoms. The van der Waals surface area contributed by atoms with Crippen LogP contribution in [0.2, 0.25) is 0 Å². The molecule has 106 valence electrons. The van der Waals surface area contributed by atoms with Crippen molar-refractivity contribution in [3.8, 4) is 5.75 Å². The zero-order chi connectivity index (χ0) is 14.6. The highest BCUT2D eigenvalue weighted by atomic mass is 16.5. The number of ether oxygens (including phenoxy) is 1. The molecule has 1 rings (SSSR count). The van der Waals surface area contributed by atoms with Gasteiger partial charge in [-0.2, -0.15) is 0 Å². The molecule has 0 spiro atoms. The SMILES string of the molecule is COc1cc(C)c(C(=O)C(C)CCN)cc1C(C)C. The summed E-state index contributed by atoms with van der Waals surface area (Å²) in [5, 5.41) is 0. The van der Waals surface area contributed by atoms with Gasteiger partial charge >= 0.3 is 0 Å². The number of Topliss-reactive ketones (excluding diaryl/α,β-unsaturated/α-hetero) is 1. The Morgan fingerprint density at radius 1 is 1.32 bits per heavy atom. The topological polar surface area (TPSA) is 52.3 Å². The molecule has 2 N–H and O–H groups in total. The Morgan fingerprint density at radius 2 is 1.95 bits per heavy atom. The minimum Gasteiger partial charge on any atom is -0.496 e. The van der Waals surface area contributed by atoms with E-state index >= 15 is 0 Å². The second-order valence-corrected chi connectivity index (χ2v) is 5.41. The second-order valence-electron chi connectivity index (χ2n) is 5.41. The van der Waals surface area contributed by atoms with Crippen molar-refractivity contribution >= 4 is 5.78 Å². The number of benzene rings is 1. The highest BCUT2D eigenvalue weighted by molar-refractivity contribution is 5.99. The van der Waals surface area contributed by atoms with Crippen molar-refractivity contribution in [1.29, 1.82) is 0 Å². The Balaban J connectivity index is 3.21. The largest absolute Gasteiger partial charge is 0.496 e. The lowest BCUT2D eigenvalue weighted by Gasteiger charge is -2.17. The lowest BCUT2D eigenvalue weighted by Crippen LogP contribution is -2.17. The van der Waals surface area contributed by atoms with Gasteiger partial charge in [0.15, 0.2) is 5.78 Å². The van der Waals surface area contributed by atoms with E-state index in [2.05, 4.69) is 13.8 Å². The summed E-state index contributed by atoms with van der Waals surface area (Å²) in [5.41, 5.74) is 8.38. The summed E-state index contributed by atoms with van der Waals surface area (Å²) in [6.07, 6.45) is 0.724. The third-order valence-electron chi connectivity index (χ3n) is 3.51. The predicted octanol–water partition coefficient (Wildman–Crippen LogP) is 3.29. The molecule has 0 aromatic heterocycles. The quantitative estimate of drug-likeness (QED) is 0.801. The average molecular weight is 263 g/mol. The number of hydrogen-bond acceptors (Lipinski definition) is 3. The molecule has 3 nitrogen and oxygen atoms in total. The zero-order valence-corrected chi connectivity index (χ0v) is 12.6. The highest BCUT2D eigenvalue weighted by Gasteiger charge is 2.19. The number of ketones is 1. The van der Waals surface area contributed by atoms with E-state index in [1.54, 1.807) is 7.11 Å². The maximum absolute atomic E-state index is 12.4. The summed E-state index contributed by atoms with van der Waals surface area (Å²) in [6, 6.07) is 3.94. The Labute approximate surface area is 116 Å². The molecule has 0 saturated carbocycles. The summed E-state index contributed by atoms with van der Waals surface area (Å²) in [6.45, 7) is 8.64. The van der Waals surface area contributed by atoms with E-state index < -0.39 is 0 Å². The van der Waals surface area contributed by atoms with Gasteiger partial charge in [-0.1, -0.05) is 20.8 Å². The summed E-state index contributed by atoms with van der Waals surface area (Å²) in [5.74, 6) is 1.33. The van der Waals surface area contributed by atoms with Crippen LogP contribution in [0, 0.1) is 12.8 Å². The van der Waals surface area contributed by atoms with Crippen molar-refractivity contribution in [2.45, 2.75) is 40.0 Å². The minimum atomic E-state index is -0.0305. The molecule has 0 radical (unpaired) electrons. The van der Waals surface area contributed by atoms with E-state index in [0.717, 1.165) is 28.9 Å². The number of hydrogen-bond donors (Lipinski definition) is 1. The van der Waals surface area contributed by atoms with Gasteiger partial charge in [0.25, 0.3) is 0 Å². The van der Waals surface area contributed by atoms with Gasteiger partial charge in [-0.3, -0.25) is 4.79 Å². The van der Waals surface area contributed by atoms with Gasteiger partial charge in [0.05, 0.1) is 7.11 Å². The first-order valence-corrected chi connectivity index (χ1v) is 6.85. The van der Waals surface area contributed by atoms with Crippen molar-refractivity contribution in [3.05, 3.63) is 28.8 Å². The van der Waals surface area contributed by atoms with E-state index in [9.17, 15) is 4.79 Å². The average Bonchev–Trinajstić information content (AvgIpc) is 2.37. The summed E-state index contributed by atoms with van der Waals surface area (Å²) in [4.78, 5) is 12.4. The lowest BCUT2D eigenvalue weighted by molar-refractivity contribution is 0.0924. The molecular formula is C16H25NO2. The molecule has 1 aromatic carbocycles. The molecule has 0 aliphatic carbocycles. The van der Waals surface area contributed by atoms with Gasteiger partial charge in [-0.15, -0.1) is 0 Å². The van der Waals surface area contributed by atoms with Crippen LogP contribution in [0.15, 0.2) is 12.1 Å². The molecule has 19 heavy (non-hydrogen) atoms. The Bertz CT molecular complexity index is 452. The molecule has 0 aliphatic heterocycles. The van der Waals surface area contributed by atoms with Crippen molar-refractivity contribution in [1.82, 2.24) is 0 Å². The van der Waals surface area contributed by atoms with Gasteiger partial charge in [0, 0.05) is 11.5 Å². The molecule has 0 amide bonds. The molecule has 0 fully saturated rings. The maximum Gasteiger partial charge on any atom is 0.165 e. The molecule has 1 atom stereocenters. The van der Waals surface area contributed by atoms with Crippen molar-refractivity contribution < 1.29 is 9.53 Å². The van der Waals surface area contributed by atoms with E-state index in [-0.39, 0.29) is 11.7 Å². The Morgan fingerprint density at radius 3 is 2.42 bits per heavy atom. The van der Waals surface area contributed by atoms with Crippen LogP contribution >= 0.6 is 0 Å². The normalized spacial score (nSPS) is 12.6. The molecule has 0 saturated heterocycles. The first-order valence-electron chi connectivity index (χ1n) is 6.85. The number of nitrogens with two attached hydrogens (primary N) is 1. The number of carbonyl (C=O) groups excluding carboxylic acids is 1. The van der Waals surface area contributed by atoms with Crippen LogP contribution in [0.5, 0.6) is 5.75 Å². The van der Waals surface area contributed by atoms with Crippen LogP contribution in [-0.4, -0.2) is 19.4 Å². The molecule has 1 unspecified atom stereocenters. The van der Waals surface area contributed by atoms with Crippen LogP contribution < -0.4 is 10.5 Å². The fourth-order valence-electron chi connectivity index (χ4n) is 2.24. The van der Waals surface area contributed by atoms with E-state index in [1.807, 2.05) is 26.0 Å². The molecular weight excluding hydrogens is 238 g/mol. The van der Waals surface area contributed by atoms with Gasteiger partial charge in [0.2, 0.25) is 0 Å². The standard InChI is InChI=1S/C16H25NO2/c1-10(2)13-9-14(12(4)8-15(13)19-5)16(18)11(3)6-7-17/h8-11H,6-7,17H2,1-5H3. The second kappa shape index (κ2) is 6.71. The van der Waals surface area contributed by atoms with Crippen LogP contribution in [0.1, 0.15) is 54.6 Å². The number of methoxy groups -OCH3 is 1. The first kappa shape index (κ1) is 15.7. The van der Waals surface area contributed by atoms with E-state index in [0.29, 0.717) is 12.5 Å². The molecule has 1 aromatic rings. The first-order chi connectivity index (χ1) is 8.92. The van der Waals surface area contributed by atoms with Gasteiger partial charge < -0.3 is 10.5 Å². The van der Waals surface area contributed by atoms with Gasteiger partial charge in [-0.05, 0) is 49.1 Å². The smallest absolute Gasteiger partial charge is 0.165 e. The minimum absolute atomic E-state index is 0.0305. The molecule has 0 aliphatic rings. The Hall–Kier alpha value is -1.35. The van der Waals surface area contributed by atoms with Crippen molar-refractivity contribution in [2.24, 2.45) is 11.7 Å². The zero-order valence-electron chi connectivity index (χ0n) is 12.6. The predicted molar refractivity (Wildman–Crippen MR) is 79.0 cm³/mol. The number of carbonyl (C=O) groups is 1. The summed E-state index contributed by atoms with van der Waals surface area (Å²) < 4.78 is 5.40. The van der Waals surface area contributed by atoms with Crippen LogP contribution in [0.3, 0.4) is 0 Å². The highest BCUT2D eigenvalue weighted by Crippen LogP contribution is 2.30. The maximum atomic E-state index is 12.4. The monoisotopic (exact) mass is 263 g/mol. The van der Waals surface area contributed by atoms with Crippen molar-refractivity contribution in [3.63, 3.8) is 0 Å².